The van der Waals surface area contributed by atoms with Crippen molar-refractivity contribution in [2.24, 2.45) is 0 Å². The molecule has 1 amide bonds. The molecule has 0 bridgehead atoms. The van der Waals surface area contributed by atoms with Gasteiger partial charge in [0.15, 0.2) is 12.3 Å². The lowest BCUT2D eigenvalue weighted by atomic mass is 10.1. The molecule has 0 atom stereocenters. The van der Waals surface area contributed by atoms with E-state index >= 15 is 0 Å². The summed E-state index contributed by atoms with van der Waals surface area (Å²) >= 11 is 0. The Balaban J connectivity index is 1.49. The molecule has 0 fully saturated rings. The van der Waals surface area contributed by atoms with E-state index in [-0.39, 0.29) is 5.69 Å². The maximum atomic E-state index is 12.5. The van der Waals surface area contributed by atoms with Crippen molar-refractivity contribution < 1.29 is 14.3 Å². The smallest absolute Gasteiger partial charge is 0.359 e. The Hall–Kier alpha value is -4.41. The number of anilines is 1. The molecule has 4 rings (SSSR count). The van der Waals surface area contributed by atoms with Crippen LogP contribution in [0.5, 0.6) is 0 Å². The van der Waals surface area contributed by atoms with Gasteiger partial charge in [-0.15, -0.1) is 0 Å². The maximum absolute atomic E-state index is 12.5. The summed E-state index contributed by atoms with van der Waals surface area (Å²) in [5, 5.41) is 13.6. The highest BCUT2D eigenvalue weighted by Crippen LogP contribution is 2.16. The van der Waals surface area contributed by atoms with E-state index in [9.17, 15) is 14.4 Å². The molecule has 1 aromatic carbocycles. The summed E-state index contributed by atoms with van der Waals surface area (Å²) in [5.41, 5.74) is 1.65. The number of carbonyl (C=O) groups is 2. The third kappa shape index (κ3) is 4.21. The molecular formula is C21H19N7O4. The Morgan fingerprint density at radius 1 is 1.03 bits per heavy atom. The predicted molar refractivity (Wildman–Crippen MR) is 115 cm³/mol. The molecule has 3 aromatic heterocycles. The third-order valence-corrected chi connectivity index (χ3v) is 4.48. The fraction of sp³-hybridized carbons (Fsp3) is 0.190. The van der Waals surface area contributed by atoms with Gasteiger partial charge in [0.25, 0.3) is 17.4 Å². The van der Waals surface area contributed by atoms with Gasteiger partial charge in [-0.05, 0) is 32.9 Å². The first kappa shape index (κ1) is 20.8. The Morgan fingerprint density at radius 2 is 1.72 bits per heavy atom. The summed E-state index contributed by atoms with van der Waals surface area (Å²) in [4.78, 5) is 45.5. The van der Waals surface area contributed by atoms with Gasteiger partial charge in [-0.2, -0.15) is 14.9 Å². The predicted octanol–water partition coefficient (Wildman–Crippen LogP) is 1.62. The normalized spacial score (nSPS) is 10.8. The number of aromatic amines is 1. The van der Waals surface area contributed by atoms with Crippen molar-refractivity contribution >= 4 is 28.5 Å². The molecule has 0 unspecified atom stereocenters. The van der Waals surface area contributed by atoms with Crippen molar-refractivity contribution in [2.75, 3.05) is 11.9 Å². The van der Waals surface area contributed by atoms with Gasteiger partial charge in [-0.1, -0.05) is 18.2 Å². The van der Waals surface area contributed by atoms with Crippen LogP contribution in [0.3, 0.4) is 0 Å². The second kappa shape index (κ2) is 8.38. The largest absolute Gasteiger partial charge is 0.451 e. The number of ether oxygens (including phenoxy) is 1. The number of aryl methyl sites for hydroxylation is 3. The molecule has 2 N–H and O–H groups in total. The van der Waals surface area contributed by atoms with Crippen molar-refractivity contribution in [3.8, 4) is 5.95 Å². The number of fused-ring (bicyclic) bond motifs is 1. The van der Waals surface area contributed by atoms with E-state index in [1.165, 1.54) is 4.68 Å². The zero-order valence-electron chi connectivity index (χ0n) is 17.5. The number of nitrogens with one attached hydrogen (secondary N) is 2. The zero-order valence-corrected chi connectivity index (χ0v) is 17.5. The average Bonchev–Trinajstić information content (AvgIpc) is 3.12. The SMILES string of the molecule is Cc1cc(C)nc(-n2nc(C)cc2NC(=O)COC(=O)c2n[nH]c(=O)c3ccccc23)n1. The van der Waals surface area contributed by atoms with Crippen molar-refractivity contribution in [2.45, 2.75) is 20.8 Å². The summed E-state index contributed by atoms with van der Waals surface area (Å²) in [7, 11) is 0. The molecule has 0 aliphatic heterocycles. The van der Waals surface area contributed by atoms with Crippen LogP contribution < -0.4 is 10.9 Å². The van der Waals surface area contributed by atoms with Crippen molar-refractivity contribution in [1.82, 2.24) is 29.9 Å². The Kier molecular flexibility index (Phi) is 5.46. The van der Waals surface area contributed by atoms with Gasteiger partial charge in [0, 0.05) is 22.8 Å². The van der Waals surface area contributed by atoms with Crippen LogP contribution in [-0.4, -0.2) is 48.4 Å². The Morgan fingerprint density at radius 3 is 2.44 bits per heavy atom. The minimum absolute atomic E-state index is 0.0856. The Bertz CT molecular complexity index is 1390. The number of carbonyl (C=O) groups excluding carboxylic acids is 2. The molecule has 11 heteroatoms. The van der Waals surface area contributed by atoms with E-state index in [2.05, 4.69) is 30.6 Å². The standard InChI is InChI=1S/C21H19N7O4/c1-11-8-12(2)23-21(22-11)28-16(9-13(3)27-28)24-17(29)10-32-20(31)18-14-6-4-5-7-15(14)19(30)26-25-18/h4-9H,10H2,1-3H3,(H,24,29)(H,26,30). The van der Waals surface area contributed by atoms with Gasteiger partial charge in [-0.3, -0.25) is 9.59 Å². The van der Waals surface area contributed by atoms with Crippen LogP contribution in [0.25, 0.3) is 16.7 Å². The summed E-state index contributed by atoms with van der Waals surface area (Å²) in [6, 6.07) is 9.97. The average molecular weight is 433 g/mol. The first-order valence-electron chi connectivity index (χ1n) is 9.65. The summed E-state index contributed by atoms with van der Waals surface area (Å²) in [5.74, 6) is -0.777. The second-order valence-corrected chi connectivity index (χ2v) is 7.10. The van der Waals surface area contributed by atoms with E-state index in [1.807, 2.05) is 19.9 Å². The van der Waals surface area contributed by atoms with E-state index in [4.69, 9.17) is 4.74 Å². The molecule has 3 heterocycles. The van der Waals surface area contributed by atoms with Crippen LogP contribution in [0.2, 0.25) is 0 Å². The van der Waals surface area contributed by atoms with Crippen molar-refractivity contribution in [3.05, 3.63) is 69.5 Å². The van der Waals surface area contributed by atoms with Crippen LogP contribution in [0.1, 0.15) is 27.6 Å². The van der Waals surface area contributed by atoms with Gasteiger partial charge >= 0.3 is 5.97 Å². The maximum Gasteiger partial charge on any atom is 0.359 e. The van der Waals surface area contributed by atoms with Gasteiger partial charge < -0.3 is 10.1 Å². The third-order valence-electron chi connectivity index (χ3n) is 4.48. The monoisotopic (exact) mass is 433 g/mol. The second-order valence-electron chi connectivity index (χ2n) is 7.10. The minimum Gasteiger partial charge on any atom is -0.451 e. The lowest BCUT2D eigenvalue weighted by molar-refractivity contribution is -0.119. The number of esters is 1. The molecular weight excluding hydrogens is 414 g/mol. The number of hydrogen-bond acceptors (Lipinski definition) is 8. The van der Waals surface area contributed by atoms with Crippen molar-refractivity contribution in [1.29, 1.82) is 0 Å². The molecule has 0 saturated carbocycles. The highest BCUT2D eigenvalue weighted by atomic mass is 16.5. The van der Waals surface area contributed by atoms with Crippen LogP contribution in [-0.2, 0) is 9.53 Å². The van der Waals surface area contributed by atoms with E-state index < -0.39 is 24.0 Å². The van der Waals surface area contributed by atoms with Crippen molar-refractivity contribution in [3.63, 3.8) is 0 Å². The molecule has 0 aliphatic carbocycles. The summed E-state index contributed by atoms with van der Waals surface area (Å²) < 4.78 is 6.51. The van der Waals surface area contributed by atoms with Gasteiger partial charge in [0.1, 0.15) is 5.82 Å². The topological polar surface area (TPSA) is 145 Å². The lowest BCUT2D eigenvalue weighted by Gasteiger charge is -2.09. The molecule has 162 valence electrons. The van der Waals surface area contributed by atoms with Crippen LogP contribution >= 0.6 is 0 Å². The molecule has 11 nitrogen and oxygen atoms in total. The molecule has 32 heavy (non-hydrogen) atoms. The molecule has 0 radical (unpaired) electrons. The van der Waals surface area contributed by atoms with Gasteiger partial charge in [0.05, 0.1) is 11.1 Å². The number of H-pyrrole nitrogens is 1. The number of benzene rings is 1. The minimum atomic E-state index is -0.838. The summed E-state index contributed by atoms with van der Waals surface area (Å²) in [6.45, 7) is 4.87. The van der Waals surface area contributed by atoms with Crippen LogP contribution in [0, 0.1) is 20.8 Å². The highest BCUT2D eigenvalue weighted by Gasteiger charge is 2.18. The highest BCUT2D eigenvalue weighted by molar-refractivity contribution is 6.03. The first-order chi connectivity index (χ1) is 15.3. The fourth-order valence-electron chi connectivity index (χ4n) is 3.19. The van der Waals surface area contributed by atoms with E-state index in [1.54, 1.807) is 37.3 Å². The quantitative estimate of drug-likeness (QED) is 0.452. The van der Waals surface area contributed by atoms with Crippen LogP contribution in [0.4, 0.5) is 5.82 Å². The Labute approximate surface area is 181 Å². The molecule has 0 spiro atoms. The first-order valence-corrected chi connectivity index (χ1v) is 9.65. The van der Waals surface area contributed by atoms with E-state index in [0.717, 1.165) is 11.4 Å². The zero-order chi connectivity index (χ0) is 22.8. The molecule has 0 aliphatic rings. The van der Waals surface area contributed by atoms with Gasteiger partial charge in [-0.25, -0.2) is 19.9 Å². The molecule has 0 saturated heterocycles. The number of aromatic nitrogens is 6. The summed E-state index contributed by atoms with van der Waals surface area (Å²) in [6.07, 6.45) is 0. The number of amides is 1. The lowest BCUT2D eigenvalue weighted by Crippen LogP contribution is -2.24. The number of hydrogen-bond donors (Lipinski definition) is 2. The van der Waals surface area contributed by atoms with Gasteiger partial charge in [0.2, 0.25) is 0 Å². The fourth-order valence-corrected chi connectivity index (χ4v) is 3.19. The molecule has 4 aromatic rings. The number of rotatable bonds is 5. The number of nitrogens with zero attached hydrogens (tertiary/aromatic N) is 5. The van der Waals surface area contributed by atoms with E-state index in [0.29, 0.717) is 28.2 Å². The van der Waals surface area contributed by atoms with Crippen LogP contribution in [0.15, 0.2) is 41.2 Å².